The number of alkyl halides is 3. The van der Waals surface area contributed by atoms with Crippen LogP contribution in [-0.2, 0) is 4.74 Å². The first-order valence-corrected chi connectivity index (χ1v) is 7.98. The minimum Gasteiger partial charge on any atom is -0.372 e. The van der Waals surface area contributed by atoms with Crippen LogP contribution in [-0.4, -0.2) is 35.1 Å². The van der Waals surface area contributed by atoms with Gasteiger partial charge in [0.15, 0.2) is 0 Å². The Morgan fingerprint density at radius 3 is 2.67 bits per heavy atom. The monoisotopic (exact) mass is 351 g/mol. The highest BCUT2D eigenvalue weighted by molar-refractivity contribution is 6.68. The molecule has 1 aromatic carbocycles. The lowest BCUT2D eigenvalue weighted by atomic mass is 10.2. The van der Waals surface area contributed by atoms with Gasteiger partial charge < -0.3 is 10.1 Å². The zero-order valence-electron chi connectivity index (χ0n) is 11.4. The fraction of sp³-hybridized carbons (Fsp3) is 0.500. The SMILES string of the molecule is O=C(N[C@H]([NH2+]C[C@H]1CCCO1)C(Cl)(Cl)Cl)c1ccccc1. The molecule has 1 aliphatic heterocycles. The van der Waals surface area contributed by atoms with Crippen LogP contribution < -0.4 is 10.6 Å². The standard InChI is InChI=1S/C14H17Cl3N2O2/c15-14(16,17)13(18-9-11-7-4-8-21-11)19-12(20)10-5-2-1-3-6-10/h1-3,5-6,11,13,18H,4,7-9H2,(H,19,20)/p+1/t11-,13+/m1/s1. The molecule has 1 aromatic rings. The maximum atomic E-state index is 12.2. The van der Waals surface area contributed by atoms with Gasteiger partial charge in [0.1, 0.15) is 12.6 Å². The van der Waals surface area contributed by atoms with E-state index in [9.17, 15) is 4.79 Å². The highest BCUT2D eigenvalue weighted by Gasteiger charge is 2.38. The van der Waals surface area contributed by atoms with E-state index in [1.54, 1.807) is 24.3 Å². The molecule has 1 fully saturated rings. The molecule has 3 N–H and O–H groups in total. The van der Waals surface area contributed by atoms with E-state index in [-0.39, 0.29) is 12.0 Å². The third-order valence-corrected chi connectivity index (χ3v) is 4.04. The van der Waals surface area contributed by atoms with Crippen LogP contribution in [0.5, 0.6) is 0 Å². The molecule has 0 spiro atoms. The number of ether oxygens (including phenoxy) is 1. The minimum absolute atomic E-state index is 0.147. The third-order valence-electron chi connectivity index (χ3n) is 3.33. The second-order valence-electron chi connectivity index (χ2n) is 4.97. The molecule has 0 aliphatic carbocycles. The Bertz CT molecular complexity index is 459. The first kappa shape index (κ1) is 16.8. The van der Waals surface area contributed by atoms with Crippen molar-refractivity contribution in [2.75, 3.05) is 13.2 Å². The second-order valence-corrected chi connectivity index (χ2v) is 7.33. The molecule has 1 aliphatic rings. The van der Waals surface area contributed by atoms with Gasteiger partial charge in [0, 0.05) is 12.2 Å². The Balaban J connectivity index is 1.94. The van der Waals surface area contributed by atoms with Gasteiger partial charge >= 0.3 is 0 Å². The van der Waals surface area contributed by atoms with E-state index >= 15 is 0 Å². The molecule has 0 aromatic heterocycles. The highest BCUT2D eigenvalue weighted by Crippen LogP contribution is 2.27. The van der Waals surface area contributed by atoms with E-state index in [1.165, 1.54) is 0 Å². The molecule has 1 amide bonds. The summed E-state index contributed by atoms with van der Waals surface area (Å²) in [6.07, 6.45) is 1.52. The predicted molar refractivity (Wildman–Crippen MR) is 83.8 cm³/mol. The van der Waals surface area contributed by atoms with E-state index in [4.69, 9.17) is 39.5 Å². The molecule has 2 atom stereocenters. The van der Waals surface area contributed by atoms with E-state index in [0.717, 1.165) is 19.4 Å². The van der Waals surface area contributed by atoms with Crippen molar-refractivity contribution in [1.29, 1.82) is 0 Å². The van der Waals surface area contributed by atoms with Crippen LogP contribution in [0.25, 0.3) is 0 Å². The van der Waals surface area contributed by atoms with Crippen LogP contribution in [0.2, 0.25) is 0 Å². The number of nitrogens with one attached hydrogen (secondary N) is 1. The summed E-state index contributed by atoms with van der Waals surface area (Å²) >= 11 is 17.9. The fourth-order valence-corrected chi connectivity index (χ4v) is 2.64. The molecule has 2 rings (SSSR count). The molecule has 0 bridgehead atoms. The number of amides is 1. The zero-order chi connectivity index (χ0) is 15.3. The Morgan fingerprint density at radius 2 is 2.10 bits per heavy atom. The van der Waals surface area contributed by atoms with Crippen LogP contribution in [0.1, 0.15) is 23.2 Å². The summed E-state index contributed by atoms with van der Waals surface area (Å²) < 4.78 is 3.94. The maximum Gasteiger partial charge on any atom is 0.262 e. The van der Waals surface area contributed by atoms with E-state index < -0.39 is 9.96 Å². The average molecular weight is 353 g/mol. The van der Waals surface area contributed by atoms with Gasteiger partial charge in [-0.1, -0.05) is 53.0 Å². The van der Waals surface area contributed by atoms with Crippen molar-refractivity contribution in [1.82, 2.24) is 5.32 Å². The number of halogens is 3. The van der Waals surface area contributed by atoms with E-state index in [2.05, 4.69) is 5.32 Å². The van der Waals surface area contributed by atoms with Crippen LogP contribution >= 0.6 is 34.8 Å². The van der Waals surface area contributed by atoms with Crippen molar-refractivity contribution < 1.29 is 14.8 Å². The number of nitrogens with two attached hydrogens (primary N) is 1. The molecule has 7 heteroatoms. The topological polar surface area (TPSA) is 54.9 Å². The van der Waals surface area contributed by atoms with Gasteiger partial charge in [-0.05, 0) is 25.0 Å². The van der Waals surface area contributed by atoms with Crippen molar-refractivity contribution in [2.45, 2.75) is 28.9 Å². The summed E-state index contributed by atoms with van der Waals surface area (Å²) in [5.41, 5.74) is 0.530. The molecule has 1 heterocycles. The molecule has 116 valence electrons. The highest BCUT2D eigenvalue weighted by atomic mass is 35.6. The number of benzene rings is 1. The molecule has 0 unspecified atom stereocenters. The molecular formula is C14H18Cl3N2O2+. The first-order valence-electron chi connectivity index (χ1n) is 6.84. The van der Waals surface area contributed by atoms with Crippen molar-refractivity contribution in [3.63, 3.8) is 0 Å². The van der Waals surface area contributed by atoms with Crippen molar-refractivity contribution in [2.24, 2.45) is 0 Å². The predicted octanol–water partition coefficient (Wildman–Crippen LogP) is 1.86. The fourth-order valence-electron chi connectivity index (χ4n) is 2.21. The number of rotatable bonds is 5. The molecule has 0 radical (unpaired) electrons. The van der Waals surface area contributed by atoms with Gasteiger partial charge in [0.2, 0.25) is 6.17 Å². The lowest BCUT2D eigenvalue weighted by Gasteiger charge is -2.24. The second kappa shape index (κ2) is 7.65. The van der Waals surface area contributed by atoms with E-state index in [1.807, 2.05) is 11.4 Å². The molecular weight excluding hydrogens is 335 g/mol. The van der Waals surface area contributed by atoms with Crippen molar-refractivity contribution in [3.05, 3.63) is 35.9 Å². The van der Waals surface area contributed by atoms with Crippen LogP contribution in [0, 0.1) is 0 Å². The quantitative estimate of drug-likeness (QED) is 0.628. The summed E-state index contributed by atoms with van der Waals surface area (Å²) in [4.78, 5) is 12.2. The minimum atomic E-state index is -1.59. The molecule has 1 saturated heterocycles. The Kier molecular flexibility index (Phi) is 6.14. The normalized spacial score (nSPS) is 20.2. The van der Waals surface area contributed by atoms with Crippen LogP contribution in [0.3, 0.4) is 0 Å². The number of hydrogen-bond donors (Lipinski definition) is 2. The number of carbonyl (C=O) groups is 1. The molecule has 0 saturated carbocycles. The molecule has 4 nitrogen and oxygen atoms in total. The number of carbonyl (C=O) groups excluding carboxylic acids is 1. The maximum absolute atomic E-state index is 12.2. The van der Waals surface area contributed by atoms with Gasteiger partial charge in [0.25, 0.3) is 9.70 Å². The third kappa shape index (κ3) is 5.31. The van der Waals surface area contributed by atoms with Gasteiger partial charge in [-0.25, -0.2) is 0 Å². The Labute approximate surface area is 139 Å². The van der Waals surface area contributed by atoms with Crippen molar-refractivity contribution >= 4 is 40.7 Å². The van der Waals surface area contributed by atoms with E-state index in [0.29, 0.717) is 12.1 Å². The lowest BCUT2D eigenvalue weighted by Crippen LogP contribution is -2.97. The van der Waals surface area contributed by atoms with Gasteiger partial charge in [-0.2, -0.15) is 0 Å². The summed E-state index contributed by atoms with van der Waals surface area (Å²) in [5, 5.41) is 4.56. The van der Waals surface area contributed by atoms with Gasteiger partial charge in [-0.15, -0.1) is 0 Å². The Hall–Kier alpha value is -0.520. The largest absolute Gasteiger partial charge is 0.372 e. The van der Waals surface area contributed by atoms with Crippen LogP contribution in [0.15, 0.2) is 30.3 Å². The summed E-state index contributed by atoms with van der Waals surface area (Å²) in [5.74, 6) is -0.268. The summed E-state index contributed by atoms with van der Waals surface area (Å²) in [6, 6.07) is 8.84. The summed E-state index contributed by atoms with van der Waals surface area (Å²) in [7, 11) is 0. The average Bonchev–Trinajstić information content (AvgIpc) is 2.96. The summed E-state index contributed by atoms with van der Waals surface area (Å²) in [6.45, 7) is 1.42. The lowest BCUT2D eigenvalue weighted by molar-refractivity contribution is -0.697. The van der Waals surface area contributed by atoms with Gasteiger partial charge in [0.05, 0.1) is 0 Å². The number of quaternary nitrogens is 1. The number of hydrogen-bond acceptors (Lipinski definition) is 2. The smallest absolute Gasteiger partial charge is 0.262 e. The zero-order valence-corrected chi connectivity index (χ0v) is 13.7. The van der Waals surface area contributed by atoms with Gasteiger partial charge in [-0.3, -0.25) is 10.1 Å². The van der Waals surface area contributed by atoms with Crippen molar-refractivity contribution in [3.8, 4) is 0 Å². The Morgan fingerprint density at radius 1 is 1.38 bits per heavy atom. The van der Waals surface area contributed by atoms with Crippen LogP contribution in [0.4, 0.5) is 0 Å². The first-order chi connectivity index (χ1) is 9.97. The molecule has 21 heavy (non-hydrogen) atoms.